The van der Waals surface area contributed by atoms with Crippen molar-refractivity contribution in [2.24, 2.45) is 0 Å². The molecule has 0 nitrogen and oxygen atoms in total. The van der Waals surface area contributed by atoms with Gasteiger partial charge in [0.2, 0.25) is 0 Å². The van der Waals surface area contributed by atoms with Gasteiger partial charge in [-0.2, -0.15) is 0 Å². The molecule has 2 aromatic carbocycles. The maximum absolute atomic E-state index is 6.26. The molecule has 0 bridgehead atoms. The molecule has 2 heteroatoms. The SMILES string of the molecule is CC1=Cc2c(-c3ccccc3)cccc2[CH]1[Zr][Cl]. The molecular weight excluding hydrogens is 319 g/mol. The van der Waals surface area contributed by atoms with Gasteiger partial charge in [-0.1, -0.05) is 0 Å². The van der Waals surface area contributed by atoms with E-state index in [-0.39, 0.29) is 0 Å². The Bertz CT molecular complexity index is 602. The van der Waals surface area contributed by atoms with Crippen LogP contribution in [0.5, 0.6) is 0 Å². The van der Waals surface area contributed by atoms with E-state index >= 15 is 0 Å². The number of rotatable bonds is 2. The van der Waals surface area contributed by atoms with E-state index in [1.807, 2.05) is 0 Å². The van der Waals surface area contributed by atoms with Crippen molar-refractivity contribution in [1.29, 1.82) is 0 Å². The number of benzene rings is 2. The average Bonchev–Trinajstić information content (AvgIpc) is 2.74. The van der Waals surface area contributed by atoms with E-state index in [9.17, 15) is 0 Å². The summed E-state index contributed by atoms with van der Waals surface area (Å²) in [5, 5.41) is 0. The second-order valence-corrected chi connectivity index (χ2v) is 7.85. The fourth-order valence-corrected chi connectivity index (χ4v) is 5.82. The summed E-state index contributed by atoms with van der Waals surface area (Å²) in [6, 6.07) is 17.2. The van der Waals surface area contributed by atoms with Crippen LogP contribution in [-0.4, -0.2) is 0 Å². The Morgan fingerprint density at radius 2 is 1.78 bits per heavy atom. The molecule has 0 aliphatic heterocycles. The summed E-state index contributed by atoms with van der Waals surface area (Å²) in [6.45, 7) is 2.21. The van der Waals surface area contributed by atoms with Crippen LogP contribution < -0.4 is 0 Å². The van der Waals surface area contributed by atoms with Crippen molar-refractivity contribution in [2.75, 3.05) is 0 Å². The first-order chi connectivity index (χ1) is 8.81. The Kier molecular flexibility index (Phi) is 3.55. The average molecular weight is 332 g/mol. The van der Waals surface area contributed by atoms with E-state index in [2.05, 4.69) is 61.5 Å². The summed E-state index contributed by atoms with van der Waals surface area (Å²) in [5.74, 6) is 0. The minimum absolute atomic E-state index is 0.550. The van der Waals surface area contributed by atoms with Crippen molar-refractivity contribution in [3.05, 3.63) is 65.2 Å². The molecule has 0 spiro atoms. The Morgan fingerprint density at radius 1 is 1.00 bits per heavy atom. The molecule has 1 atom stereocenters. The number of halogens is 1. The predicted octanol–water partition coefficient (Wildman–Crippen LogP) is 5.05. The first kappa shape index (κ1) is 12.4. The molecule has 2 aromatic rings. The molecule has 0 N–H and O–H groups in total. The second-order valence-electron chi connectivity index (χ2n) is 4.60. The molecule has 3 rings (SSSR count). The quantitative estimate of drug-likeness (QED) is 0.722. The van der Waals surface area contributed by atoms with Crippen LogP contribution in [0.4, 0.5) is 0 Å². The summed E-state index contributed by atoms with van der Waals surface area (Å²) in [6.07, 6.45) is 2.32. The number of hydrogen-bond donors (Lipinski definition) is 0. The Hall–Kier alpha value is -0.647. The van der Waals surface area contributed by atoms with Crippen LogP contribution in [0.2, 0.25) is 0 Å². The molecule has 0 saturated heterocycles. The molecule has 88 valence electrons. The van der Waals surface area contributed by atoms with Crippen LogP contribution >= 0.6 is 8.51 Å². The molecular formula is C16H13ClZr. The van der Waals surface area contributed by atoms with Gasteiger partial charge in [-0.15, -0.1) is 0 Å². The fourth-order valence-electron chi connectivity index (χ4n) is 2.57. The van der Waals surface area contributed by atoms with Crippen molar-refractivity contribution in [3.8, 4) is 11.1 Å². The summed E-state index contributed by atoms with van der Waals surface area (Å²) in [5.41, 5.74) is 6.89. The molecule has 0 heterocycles. The van der Waals surface area contributed by atoms with Crippen molar-refractivity contribution in [3.63, 3.8) is 0 Å². The van der Waals surface area contributed by atoms with E-state index in [1.54, 1.807) is 0 Å². The van der Waals surface area contributed by atoms with Gasteiger partial charge in [0.05, 0.1) is 0 Å². The number of hydrogen-bond acceptors (Lipinski definition) is 0. The Balaban J connectivity index is 2.18. The third kappa shape index (κ3) is 2.04. The van der Waals surface area contributed by atoms with Gasteiger partial charge in [0.1, 0.15) is 0 Å². The van der Waals surface area contributed by atoms with Crippen LogP contribution in [0, 0.1) is 0 Å². The Labute approximate surface area is 123 Å². The molecule has 0 radical (unpaired) electrons. The van der Waals surface area contributed by atoms with E-state index in [4.69, 9.17) is 8.51 Å². The third-order valence-electron chi connectivity index (χ3n) is 3.47. The monoisotopic (exact) mass is 330 g/mol. The van der Waals surface area contributed by atoms with E-state index in [0.717, 1.165) is 0 Å². The van der Waals surface area contributed by atoms with Crippen molar-refractivity contribution >= 4 is 14.6 Å². The van der Waals surface area contributed by atoms with Gasteiger partial charge >= 0.3 is 124 Å². The van der Waals surface area contributed by atoms with Crippen molar-refractivity contribution in [2.45, 2.75) is 10.5 Å². The molecule has 18 heavy (non-hydrogen) atoms. The zero-order chi connectivity index (χ0) is 12.5. The molecule has 1 unspecified atom stereocenters. The predicted molar refractivity (Wildman–Crippen MR) is 74.1 cm³/mol. The van der Waals surface area contributed by atoms with Gasteiger partial charge in [0, 0.05) is 0 Å². The van der Waals surface area contributed by atoms with Crippen LogP contribution in [0.1, 0.15) is 21.7 Å². The summed E-state index contributed by atoms with van der Waals surface area (Å²) in [7, 11) is 6.26. The molecule has 0 fully saturated rings. The van der Waals surface area contributed by atoms with Crippen LogP contribution in [0.25, 0.3) is 17.2 Å². The first-order valence-electron chi connectivity index (χ1n) is 6.04. The number of fused-ring (bicyclic) bond motifs is 1. The second kappa shape index (κ2) is 5.15. The van der Waals surface area contributed by atoms with Gasteiger partial charge in [-0.05, 0) is 0 Å². The summed E-state index contributed by atoms with van der Waals surface area (Å²) >= 11 is -0.830. The van der Waals surface area contributed by atoms with Gasteiger partial charge in [-0.3, -0.25) is 0 Å². The molecule has 0 saturated carbocycles. The van der Waals surface area contributed by atoms with Crippen LogP contribution in [-0.2, 0) is 22.0 Å². The van der Waals surface area contributed by atoms with Gasteiger partial charge in [0.15, 0.2) is 0 Å². The zero-order valence-corrected chi connectivity index (χ0v) is 13.4. The van der Waals surface area contributed by atoms with Gasteiger partial charge in [0.25, 0.3) is 0 Å². The van der Waals surface area contributed by atoms with E-state index < -0.39 is 22.0 Å². The normalized spacial score (nSPS) is 17.2. The Morgan fingerprint density at radius 3 is 2.50 bits per heavy atom. The summed E-state index contributed by atoms with van der Waals surface area (Å²) in [4.78, 5) is 0. The zero-order valence-electron chi connectivity index (χ0n) is 10.2. The standard InChI is InChI=1S/C16H13.ClH.Zr/c1-12-10-14-8-5-9-15(16(14)11-12)13-6-3-2-4-7-13;;/h2-11H,1H3;1H;/q;;+1/p-1. The van der Waals surface area contributed by atoms with Crippen LogP contribution in [0.15, 0.2) is 54.1 Å². The molecule has 1 aliphatic rings. The number of allylic oxidation sites excluding steroid dienone is 1. The minimum atomic E-state index is -0.830. The van der Waals surface area contributed by atoms with Gasteiger partial charge < -0.3 is 0 Å². The maximum atomic E-state index is 6.26. The molecule has 1 aliphatic carbocycles. The van der Waals surface area contributed by atoms with Gasteiger partial charge in [-0.25, -0.2) is 0 Å². The van der Waals surface area contributed by atoms with Crippen molar-refractivity contribution in [1.82, 2.24) is 0 Å². The fraction of sp³-hybridized carbons (Fsp3) is 0.125. The molecule has 0 amide bonds. The van der Waals surface area contributed by atoms with Crippen molar-refractivity contribution < 1.29 is 22.0 Å². The molecule has 0 aromatic heterocycles. The third-order valence-corrected chi connectivity index (χ3v) is 7.18. The van der Waals surface area contributed by atoms with Crippen LogP contribution in [0.3, 0.4) is 0 Å². The van der Waals surface area contributed by atoms with E-state index in [0.29, 0.717) is 3.63 Å². The summed E-state index contributed by atoms with van der Waals surface area (Å²) < 4.78 is 0.550. The topological polar surface area (TPSA) is 0 Å². The van der Waals surface area contributed by atoms with E-state index in [1.165, 1.54) is 27.8 Å². The first-order valence-corrected chi connectivity index (χ1v) is 10.6.